The highest BCUT2D eigenvalue weighted by atomic mass is 16.5. The normalized spacial score (nSPS) is 12.2. The minimum absolute atomic E-state index is 0.116. The van der Waals surface area contributed by atoms with Gasteiger partial charge in [-0.1, -0.05) is 18.2 Å². The summed E-state index contributed by atoms with van der Waals surface area (Å²) in [5.74, 6) is 0.870. The molecule has 2 heteroatoms. The standard InChI is InChI=1S/C11H15NO/c1-4-10(12)9-6-5-8(2)11(7-9)13-3/h4-7,10H,1,12H2,2-3H3. The van der Waals surface area contributed by atoms with Gasteiger partial charge in [-0.25, -0.2) is 0 Å². The van der Waals surface area contributed by atoms with Gasteiger partial charge in [-0.3, -0.25) is 0 Å². The summed E-state index contributed by atoms with van der Waals surface area (Å²) in [5, 5.41) is 0. The van der Waals surface area contributed by atoms with Crippen molar-refractivity contribution >= 4 is 0 Å². The lowest BCUT2D eigenvalue weighted by atomic mass is 10.1. The van der Waals surface area contributed by atoms with Crippen molar-refractivity contribution in [3.63, 3.8) is 0 Å². The third-order valence-electron chi connectivity index (χ3n) is 2.07. The Kier molecular flexibility index (Phi) is 3.09. The van der Waals surface area contributed by atoms with Gasteiger partial charge in [-0.2, -0.15) is 0 Å². The van der Waals surface area contributed by atoms with Crippen molar-refractivity contribution in [3.8, 4) is 5.75 Å². The summed E-state index contributed by atoms with van der Waals surface area (Å²) in [6, 6.07) is 5.82. The average Bonchev–Trinajstić information content (AvgIpc) is 2.17. The van der Waals surface area contributed by atoms with Crippen LogP contribution in [0.2, 0.25) is 0 Å². The lowest BCUT2D eigenvalue weighted by molar-refractivity contribution is 0.411. The van der Waals surface area contributed by atoms with E-state index in [1.54, 1.807) is 13.2 Å². The van der Waals surface area contributed by atoms with E-state index in [4.69, 9.17) is 10.5 Å². The fourth-order valence-electron chi connectivity index (χ4n) is 1.18. The van der Waals surface area contributed by atoms with Crippen LogP contribution in [0.3, 0.4) is 0 Å². The van der Waals surface area contributed by atoms with E-state index in [-0.39, 0.29) is 6.04 Å². The highest BCUT2D eigenvalue weighted by Crippen LogP contribution is 2.22. The molecule has 1 unspecified atom stereocenters. The molecule has 0 aliphatic carbocycles. The third-order valence-corrected chi connectivity index (χ3v) is 2.07. The number of nitrogens with two attached hydrogens (primary N) is 1. The van der Waals surface area contributed by atoms with E-state index in [0.717, 1.165) is 16.9 Å². The maximum absolute atomic E-state index is 5.79. The third kappa shape index (κ3) is 2.10. The summed E-state index contributed by atoms with van der Waals surface area (Å²) in [7, 11) is 1.66. The Morgan fingerprint density at radius 1 is 1.54 bits per heavy atom. The van der Waals surface area contributed by atoms with Crippen LogP contribution in [0.4, 0.5) is 0 Å². The number of benzene rings is 1. The second-order valence-electron chi connectivity index (χ2n) is 2.99. The number of methoxy groups -OCH3 is 1. The van der Waals surface area contributed by atoms with E-state index in [2.05, 4.69) is 6.58 Å². The lowest BCUT2D eigenvalue weighted by Crippen LogP contribution is -2.06. The number of aryl methyl sites for hydroxylation is 1. The Hall–Kier alpha value is -1.28. The molecule has 70 valence electrons. The van der Waals surface area contributed by atoms with Crippen LogP contribution in [0, 0.1) is 6.92 Å². The maximum Gasteiger partial charge on any atom is 0.122 e. The van der Waals surface area contributed by atoms with Crippen LogP contribution >= 0.6 is 0 Å². The van der Waals surface area contributed by atoms with Gasteiger partial charge < -0.3 is 10.5 Å². The topological polar surface area (TPSA) is 35.2 Å². The molecule has 0 spiro atoms. The van der Waals surface area contributed by atoms with E-state index in [9.17, 15) is 0 Å². The summed E-state index contributed by atoms with van der Waals surface area (Å²) >= 11 is 0. The Bertz CT molecular complexity index is 307. The molecular weight excluding hydrogens is 162 g/mol. The van der Waals surface area contributed by atoms with Crippen LogP contribution in [0.1, 0.15) is 17.2 Å². The summed E-state index contributed by atoms with van der Waals surface area (Å²) in [5.41, 5.74) is 7.93. The van der Waals surface area contributed by atoms with Gasteiger partial charge >= 0.3 is 0 Å². The Morgan fingerprint density at radius 2 is 2.23 bits per heavy atom. The first-order valence-corrected chi connectivity index (χ1v) is 4.21. The molecule has 0 saturated carbocycles. The molecule has 1 aromatic rings. The molecule has 2 nitrogen and oxygen atoms in total. The summed E-state index contributed by atoms with van der Waals surface area (Å²) in [6.07, 6.45) is 1.71. The van der Waals surface area contributed by atoms with Crippen LogP contribution in [-0.2, 0) is 0 Å². The fraction of sp³-hybridized carbons (Fsp3) is 0.273. The van der Waals surface area contributed by atoms with E-state index >= 15 is 0 Å². The minimum Gasteiger partial charge on any atom is -0.496 e. The molecule has 1 rings (SSSR count). The van der Waals surface area contributed by atoms with Crippen LogP contribution < -0.4 is 10.5 Å². The van der Waals surface area contributed by atoms with E-state index in [1.807, 2.05) is 25.1 Å². The predicted molar refractivity (Wildman–Crippen MR) is 54.9 cm³/mol. The molecule has 13 heavy (non-hydrogen) atoms. The average molecular weight is 177 g/mol. The predicted octanol–water partition coefficient (Wildman–Crippen LogP) is 2.19. The Labute approximate surface area is 79.0 Å². The molecule has 0 aliphatic heterocycles. The number of hydrogen-bond donors (Lipinski definition) is 1. The van der Waals surface area contributed by atoms with Crippen LogP contribution in [0.5, 0.6) is 5.75 Å². The van der Waals surface area contributed by atoms with Crippen molar-refractivity contribution < 1.29 is 4.74 Å². The molecular formula is C11H15NO. The van der Waals surface area contributed by atoms with Crippen molar-refractivity contribution in [2.45, 2.75) is 13.0 Å². The van der Waals surface area contributed by atoms with Crippen molar-refractivity contribution in [1.29, 1.82) is 0 Å². The Balaban J connectivity index is 3.05. The largest absolute Gasteiger partial charge is 0.496 e. The zero-order chi connectivity index (χ0) is 9.84. The number of ether oxygens (including phenoxy) is 1. The second kappa shape index (κ2) is 4.10. The smallest absolute Gasteiger partial charge is 0.122 e. The molecule has 0 bridgehead atoms. The van der Waals surface area contributed by atoms with Crippen molar-refractivity contribution in [1.82, 2.24) is 0 Å². The Morgan fingerprint density at radius 3 is 2.77 bits per heavy atom. The molecule has 0 heterocycles. The first kappa shape index (κ1) is 9.81. The first-order valence-electron chi connectivity index (χ1n) is 4.21. The molecule has 0 radical (unpaired) electrons. The summed E-state index contributed by atoms with van der Waals surface area (Å²) in [4.78, 5) is 0. The van der Waals surface area contributed by atoms with Gasteiger partial charge in [0.15, 0.2) is 0 Å². The zero-order valence-corrected chi connectivity index (χ0v) is 8.08. The summed E-state index contributed by atoms with van der Waals surface area (Å²) in [6.45, 7) is 5.65. The number of rotatable bonds is 3. The maximum atomic E-state index is 5.79. The molecule has 2 N–H and O–H groups in total. The second-order valence-corrected chi connectivity index (χ2v) is 2.99. The van der Waals surface area contributed by atoms with Crippen LogP contribution in [0.25, 0.3) is 0 Å². The van der Waals surface area contributed by atoms with Gasteiger partial charge in [0, 0.05) is 6.04 Å². The van der Waals surface area contributed by atoms with Gasteiger partial charge in [0.05, 0.1) is 7.11 Å². The van der Waals surface area contributed by atoms with Crippen molar-refractivity contribution in [3.05, 3.63) is 42.0 Å². The molecule has 0 aliphatic rings. The monoisotopic (exact) mass is 177 g/mol. The zero-order valence-electron chi connectivity index (χ0n) is 8.08. The van der Waals surface area contributed by atoms with E-state index in [0.29, 0.717) is 0 Å². The van der Waals surface area contributed by atoms with Crippen LogP contribution in [-0.4, -0.2) is 7.11 Å². The van der Waals surface area contributed by atoms with E-state index in [1.165, 1.54) is 0 Å². The molecule has 0 saturated heterocycles. The first-order chi connectivity index (χ1) is 6.19. The van der Waals surface area contributed by atoms with Gasteiger partial charge in [0.1, 0.15) is 5.75 Å². The molecule has 0 amide bonds. The fourth-order valence-corrected chi connectivity index (χ4v) is 1.18. The van der Waals surface area contributed by atoms with Crippen molar-refractivity contribution in [2.24, 2.45) is 5.73 Å². The molecule has 0 aromatic heterocycles. The van der Waals surface area contributed by atoms with Gasteiger partial charge in [-0.15, -0.1) is 6.58 Å². The molecule has 0 fully saturated rings. The van der Waals surface area contributed by atoms with Gasteiger partial charge in [0.25, 0.3) is 0 Å². The highest BCUT2D eigenvalue weighted by Gasteiger charge is 2.04. The SMILES string of the molecule is C=CC(N)c1ccc(C)c(OC)c1. The van der Waals surface area contributed by atoms with Crippen molar-refractivity contribution in [2.75, 3.05) is 7.11 Å². The van der Waals surface area contributed by atoms with Gasteiger partial charge in [0.2, 0.25) is 0 Å². The van der Waals surface area contributed by atoms with E-state index < -0.39 is 0 Å². The molecule has 1 aromatic carbocycles. The summed E-state index contributed by atoms with van der Waals surface area (Å²) < 4.78 is 5.19. The minimum atomic E-state index is -0.116. The van der Waals surface area contributed by atoms with Crippen LogP contribution in [0.15, 0.2) is 30.9 Å². The lowest BCUT2D eigenvalue weighted by Gasteiger charge is -2.10. The number of hydrogen-bond acceptors (Lipinski definition) is 2. The highest BCUT2D eigenvalue weighted by molar-refractivity contribution is 5.38. The quantitative estimate of drug-likeness (QED) is 0.718. The molecule has 1 atom stereocenters. The van der Waals surface area contributed by atoms with Gasteiger partial charge in [-0.05, 0) is 24.1 Å².